The summed E-state index contributed by atoms with van der Waals surface area (Å²) in [6.45, 7) is 17.3. The molecule has 0 unspecified atom stereocenters. The summed E-state index contributed by atoms with van der Waals surface area (Å²) in [5.74, 6) is -0.157. The van der Waals surface area contributed by atoms with E-state index in [1.807, 2.05) is 0 Å². The quantitative estimate of drug-likeness (QED) is 0.225. The first-order valence-corrected chi connectivity index (χ1v) is 14.6. The number of carbonyl (C=O) groups excluding carboxylic acids is 1. The molecule has 37 heavy (non-hydrogen) atoms. The molecule has 5 nitrogen and oxygen atoms in total. The second-order valence-electron chi connectivity index (χ2n) is 14.2. The Bertz CT molecular complexity index is 1010. The maximum Gasteiger partial charge on any atom is 0.330 e. The van der Waals surface area contributed by atoms with Crippen LogP contribution in [0.4, 0.5) is 0 Å². The molecule has 0 heterocycles. The molecule has 0 aromatic carbocycles. The van der Waals surface area contributed by atoms with Gasteiger partial charge in [-0.05, 0) is 97.7 Å². The van der Waals surface area contributed by atoms with Gasteiger partial charge in [0.15, 0.2) is 0 Å². The molecule has 4 rings (SSSR count). The summed E-state index contributed by atoms with van der Waals surface area (Å²) < 4.78 is 5.83. The number of aliphatic hydroxyl groups excluding tert-OH is 1. The van der Waals surface area contributed by atoms with Gasteiger partial charge in [-0.3, -0.25) is 4.79 Å². The smallest absolute Gasteiger partial charge is 0.330 e. The van der Waals surface area contributed by atoms with Gasteiger partial charge in [0.2, 0.25) is 0 Å². The van der Waals surface area contributed by atoms with Gasteiger partial charge in [-0.2, -0.15) is 0 Å². The van der Waals surface area contributed by atoms with E-state index >= 15 is 0 Å². The molecule has 0 aromatic heterocycles. The fourth-order valence-electron chi connectivity index (χ4n) is 9.78. The number of esters is 1. The van der Waals surface area contributed by atoms with E-state index in [1.165, 1.54) is 6.92 Å². The van der Waals surface area contributed by atoms with Crippen LogP contribution < -0.4 is 0 Å². The van der Waals surface area contributed by atoms with Crippen LogP contribution >= 0.6 is 0 Å². The van der Waals surface area contributed by atoms with Crippen molar-refractivity contribution in [2.75, 3.05) is 0 Å². The van der Waals surface area contributed by atoms with Crippen molar-refractivity contribution in [2.45, 2.75) is 125 Å². The first-order chi connectivity index (χ1) is 17.1. The molecule has 0 spiro atoms. The van der Waals surface area contributed by atoms with E-state index in [-0.39, 0.29) is 45.8 Å². The normalized spacial score (nSPS) is 40.8. The van der Waals surface area contributed by atoms with Gasteiger partial charge in [0.1, 0.15) is 6.10 Å². The molecular weight excluding hydrogens is 464 g/mol. The van der Waals surface area contributed by atoms with Gasteiger partial charge >= 0.3 is 11.9 Å². The van der Waals surface area contributed by atoms with Gasteiger partial charge in [0, 0.05) is 18.9 Å². The minimum atomic E-state index is -0.927. The van der Waals surface area contributed by atoms with Gasteiger partial charge in [0.25, 0.3) is 0 Å². The molecule has 2 fully saturated rings. The fourth-order valence-corrected chi connectivity index (χ4v) is 9.78. The van der Waals surface area contributed by atoms with E-state index in [4.69, 9.17) is 4.74 Å². The number of carbonyl (C=O) groups is 2. The second kappa shape index (κ2) is 9.54. The third-order valence-electron chi connectivity index (χ3n) is 12.3. The molecule has 0 aliphatic heterocycles. The van der Waals surface area contributed by atoms with Crippen molar-refractivity contribution in [1.82, 2.24) is 0 Å². The Labute approximate surface area is 224 Å². The van der Waals surface area contributed by atoms with E-state index in [0.717, 1.165) is 51.4 Å². The van der Waals surface area contributed by atoms with Crippen LogP contribution in [0.5, 0.6) is 0 Å². The van der Waals surface area contributed by atoms with Gasteiger partial charge in [-0.1, -0.05) is 58.8 Å². The summed E-state index contributed by atoms with van der Waals surface area (Å²) in [5.41, 5.74) is 4.05. The largest absolute Gasteiger partial charge is 0.478 e. The minimum absolute atomic E-state index is 0.0568. The summed E-state index contributed by atoms with van der Waals surface area (Å²) in [7, 11) is 0. The number of rotatable bonds is 6. The third-order valence-corrected chi connectivity index (χ3v) is 12.3. The summed E-state index contributed by atoms with van der Waals surface area (Å²) in [6.07, 6.45) is 10.4. The van der Waals surface area contributed by atoms with E-state index < -0.39 is 5.97 Å². The Hall–Kier alpha value is -1.62. The minimum Gasteiger partial charge on any atom is -0.478 e. The Kier molecular flexibility index (Phi) is 7.32. The van der Waals surface area contributed by atoms with Gasteiger partial charge in [-0.25, -0.2) is 4.79 Å². The predicted octanol–water partition coefficient (Wildman–Crippen LogP) is 7.09. The summed E-state index contributed by atoms with van der Waals surface area (Å²) in [5, 5.41) is 20.2. The third kappa shape index (κ3) is 4.32. The number of aliphatic carboxylic acids is 1. The number of allylic oxidation sites excluding steroid dienone is 2. The lowest BCUT2D eigenvalue weighted by Gasteiger charge is -2.62. The maximum absolute atomic E-state index is 12.0. The van der Waals surface area contributed by atoms with Crippen LogP contribution in [0.3, 0.4) is 0 Å². The van der Waals surface area contributed by atoms with E-state index in [0.29, 0.717) is 23.8 Å². The molecule has 8 atom stereocenters. The molecule has 0 radical (unpaired) electrons. The van der Waals surface area contributed by atoms with Crippen molar-refractivity contribution in [3.05, 3.63) is 22.8 Å². The van der Waals surface area contributed by atoms with Crippen molar-refractivity contribution < 1.29 is 24.5 Å². The van der Waals surface area contributed by atoms with Crippen LogP contribution in [0.15, 0.2) is 22.8 Å². The standard InChI is InChI=1S/C32H50O5/c1-19(28(35)36)9-11-25(37-21(3)33)20(2)22-13-17-32(8)24-10-12-26-29(4,5)27(34)15-16-30(26,6)23(24)14-18-31(22,32)7/h9,20,22,25-27,34H,10-18H2,1-8H3,(H,35,36)/b19-9+/t20-,22+,25+,26-,27+,30+,31+,32-/m0/s1. The topological polar surface area (TPSA) is 83.8 Å². The lowest BCUT2D eigenvalue weighted by atomic mass is 9.43. The Morgan fingerprint density at radius 2 is 1.68 bits per heavy atom. The van der Waals surface area contributed by atoms with Gasteiger partial charge in [-0.15, -0.1) is 0 Å². The number of hydrogen-bond donors (Lipinski definition) is 2. The number of hydrogen-bond acceptors (Lipinski definition) is 4. The average molecular weight is 515 g/mol. The van der Waals surface area contributed by atoms with Crippen molar-refractivity contribution in [3.63, 3.8) is 0 Å². The Morgan fingerprint density at radius 3 is 2.30 bits per heavy atom. The zero-order valence-electron chi connectivity index (χ0n) is 24.4. The van der Waals surface area contributed by atoms with E-state index in [9.17, 15) is 19.8 Å². The summed E-state index contributed by atoms with van der Waals surface area (Å²) >= 11 is 0. The van der Waals surface area contributed by atoms with Crippen LogP contribution in [-0.2, 0) is 14.3 Å². The second-order valence-corrected chi connectivity index (χ2v) is 14.2. The predicted molar refractivity (Wildman–Crippen MR) is 146 cm³/mol. The number of fused-ring (bicyclic) bond motifs is 4. The lowest BCUT2D eigenvalue weighted by Crippen LogP contribution is -2.55. The highest BCUT2D eigenvalue weighted by atomic mass is 16.5. The van der Waals surface area contributed by atoms with Gasteiger partial charge < -0.3 is 14.9 Å². The molecule has 2 saturated carbocycles. The van der Waals surface area contributed by atoms with Crippen molar-refractivity contribution >= 4 is 11.9 Å². The number of carboxylic acids is 1. The molecule has 4 aliphatic carbocycles. The fraction of sp³-hybridized carbons (Fsp3) is 0.812. The molecule has 5 heteroatoms. The van der Waals surface area contributed by atoms with Crippen LogP contribution in [-0.4, -0.2) is 34.4 Å². The molecular formula is C32H50O5. The van der Waals surface area contributed by atoms with Crippen LogP contribution in [0, 0.1) is 39.4 Å². The van der Waals surface area contributed by atoms with Crippen LogP contribution in [0.1, 0.15) is 113 Å². The molecule has 0 aromatic rings. The van der Waals surface area contributed by atoms with E-state index in [1.54, 1.807) is 24.1 Å². The lowest BCUT2D eigenvalue weighted by molar-refractivity contribution is -0.151. The highest BCUT2D eigenvalue weighted by Crippen LogP contribution is 2.72. The monoisotopic (exact) mass is 514 g/mol. The molecule has 208 valence electrons. The van der Waals surface area contributed by atoms with Crippen LogP contribution in [0.25, 0.3) is 0 Å². The zero-order valence-corrected chi connectivity index (χ0v) is 24.4. The highest BCUT2D eigenvalue weighted by Gasteiger charge is 2.63. The Balaban J connectivity index is 1.66. The van der Waals surface area contributed by atoms with Crippen molar-refractivity contribution in [3.8, 4) is 0 Å². The molecule has 4 aliphatic rings. The first-order valence-electron chi connectivity index (χ1n) is 14.6. The maximum atomic E-state index is 12.0. The zero-order chi connectivity index (χ0) is 27.6. The molecule has 0 bridgehead atoms. The Morgan fingerprint density at radius 1 is 1.00 bits per heavy atom. The number of ether oxygens (including phenoxy) is 1. The molecule has 0 amide bonds. The highest BCUT2D eigenvalue weighted by molar-refractivity contribution is 5.85. The number of carboxylic acid groups (broad SMARTS) is 1. The van der Waals surface area contributed by atoms with Crippen LogP contribution in [0.2, 0.25) is 0 Å². The number of aliphatic hydroxyl groups is 1. The first kappa shape index (κ1) is 28.4. The molecule has 0 saturated heterocycles. The summed E-state index contributed by atoms with van der Waals surface area (Å²) in [6, 6.07) is 0. The van der Waals surface area contributed by atoms with Crippen molar-refractivity contribution in [2.24, 2.45) is 39.4 Å². The summed E-state index contributed by atoms with van der Waals surface area (Å²) in [4.78, 5) is 23.4. The SMILES string of the molecule is CC(=O)O[C@H](C/C=C(\C)C(=O)O)[C@@H](C)[C@H]1CC[C@@]2(C)C3=C(CC[C@]12C)[C@@]1(C)CC[C@@H](O)C(C)(C)[C@@H]1CC3. The molecule has 2 N–H and O–H groups in total. The average Bonchev–Trinajstić information content (AvgIpc) is 3.09. The van der Waals surface area contributed by atoms with E-state index in [2.05, 4.69) is 41.5 Å². The van der Waals surface area contributed by atoms with Crippen molar-refractivity contribution in [1.29, 1.82) is 0 Å². The van der Waals surface area contributed by atoms with Gasteiger partial charge in [0.05, 0.1) is 6.10 Å².